The van der Waals surface area contributed by atoms with Crippen LogP contribution in [0, 0.1) is 0 Å². The van der Waals surface area contributed by atoms with E-state index in [2.05, 4.69) is 15.5 Å². The van der Waals surface area contributed by atoms with Gasteiger partial charge in [0.15, 0.2) is 5.11 Å². The molecule has 0 bridgehead atoms. The highest BCUT2D eigenvalue weighted by molar-refractivity contribution is 7.80. The van der Waals surface area contributed by atoms with Gasteiger partial charge in [0.1, 0.15) is 11.5 Å². The summed E-state index contributed by atoms with van der Waals surface area (Å²) in [6.07, 6.45) is 4.49. The van der Waals surface area contributed by atoms with Crippen LogP contribution < -0.4 is 15.5 Å². The molecule has 7 nitrogen and oxygen atoms in total. The van der Waals surface area contributed by atoms with Gasteiger partial charge in [0.05, 0.1) is 0 Å². The fourth-order valence-corrected chi connectivity index (χ4v) is 4.23. The number of hydrogen-bond donors (Lipinski definition) is 2. The van der Waals surface area contributed by atoms with E-state index in [4.69, 9.17) is 16.6 Å². The molecule has 0 atom stereocenters. The topological polar surface area (TPSA) is 77.8 Å². The van der Waals surface area contributed by atoms with Gasteiger partial charge < -0.3 is 19.5 Å². The van der Waals surface area contributed by atoms with Crippen molar-refractivity contribution in [2.45, 2.75) is 19.8 Å². The number of benzene rings is 2. The molecule has 0 radical (unpaired) electrons. The summed E-state index contributed by atoms with van der Waals surface area (Å²) in [7, 11) is 0. The zero-order valence-corrected chi connectivity index (χ0v) is 21.1. The van der Waals surface area contributed by atoms with Crippen LogP contribution in [-0.2, 0) is 9.59 Å². The van der Waals surface area contributed by atoms with Gasteiger partial charge in [0.2, 0.25) is 11.8 Å². The summed E-state index contributed by atoms with van der Waals surface area (Å²) in [5.41, 5.74) is 2.85. The Bertz CT molecular complexity index is 1210. The first-order valence-electron chi connectivity index (χ1n) is 12.1. The second-order valence-corrected chi connectivity index (χ2v) is 8.92. The number of anilines is 2. The lowest BCUT2D eigenvalue weighted by atomic mass is 10.2. The van der Waals surface area contributed by atoms with Gasteiger partial charge >= 0.3 is 0 Å². The van der Waals surface area contributed by atoms with Gasteiger partial charge in [-0.2, -0.15) is 0 Å². The van der Waals surface area contributed by atoms with E-state index in [0.717, 1.165) is 55.3 Å². The van der Waals surface area contributed by atoms with Crippen LogP contribution in [0.25, 0.3) is 17.4 Å². The molecule has 2 aromatic carbocycles. The first kappa shape index (κ1) is 25.2. The summed E-state index contributed by atoms with van der Waals surface area (Å²) >= 11 is 5.28. The van der Waals surface area contributed by atoms with Crippen LogP contribution in [0.5, 0.6) is 0 Å². The number of amides is 2. The fraction of sp³-hybridized carbons (Fsp3) is 0.250. The summed E-state index contributed by atoms with van der Waals surface area (Å²) in [5.74, 6) is 1.21. The van der Waals surface area contributed by atoms with Crippen molar-refractivity contribution in [3.8, 4) is 11.3 Å². The smallest absolute Gasteiger partial charge is 0.250 e. The van der Waals surface area contributed by atoms with Crippen molar-refractivity contribution in [2.24, 2.45) is 0 Å². The zero-order chi connectivity index (χ0) is 25.3. The highest BCUT2D eigenvalue weighted by atomic mass is 32.1. The SMILES string of the molecule is CCCC(=O)N1CCN(c2ccc(NC(=S)NC(=O)C=Cc3ccc(-c4ccccc4)o3)cc2)CC1. The van der Waals surface area contributed by atoms with Crippen molar-refractivity contribution < 1.29 is 14.0 Å². The van der Waals surface area contributed by atoms with Crippen LogP contribution in [-0.4, -0.2) is 48.0 Å². The fourth-order valence-electron chi connectivity index (χ4n) is 4.02. The maximum atomic E-state index is 12.3. The molecule has 4 rings (SSSR count). The second kappa shape index (κ2) is 12.2. The molecule has 1 aromatic heterocycles. The molecule has 1 aliphatic heterocycles. The number of hydrogen-bond acceptors (Lipinski definition) is 5. The zero-order valence-electron chi connectivity index (χ0n) is 20.3. The molecular formula is C28H30N4O3S. The summed E-state index contributed by atoms with van der Waals surface area (Å²) < 4.78 is 5.77. The summed E-state index contributed by atoms with van der Waals surface area (Å²) in [6, 6.07) is 21.3. The predicted octanol–water partition coefficient (Wildman–Crippen LogP) is 4.92. The number of nitrogens with one attached hydrogen (secondary N) is 2. The Kier molecular flexibility index (Phi) is 8.52. The average Bonchev–Trinajstić information content (AvgIpc) is 3.38. The first-order valence-corrected chi connectivity index (χ1v) is 12.5. The minimum absolute atomic E-state index is 0.213. The number of nitrogens with zero attached hydrogens (tertiary/aromatic N) is 2. The Morgan fingerprint density at radius 3 is 2.39 bits per heavy atom. The Hall–Kier alpha value is -3.91. The Morgan fingerprint density at radius 1 is 0.972 bits per heavy atom. The number of furan rings is 1. The molecule has 2 amide bonds. The highest BCUT2D eigenvalue weighted by Crippen LogP contribution is 2.22. The lowest BCUT2D eigenvalue weighted by Crippen LogP contribution is -2.48. The molecule has 186 valence electrons. The molecular weight excluding hydrogens is 472 g/mol. The standard InChI is InChI=1S/C28H30N4O3S/c1-2-6-27(34)32-19-17-31(18-20-32)23-11-9-22(10-12-23)29-28(36)30-26(33)16-14-24-13-15-25(35-24)21-7-4-3-5-8-21/h3-5,7-16H,2,6,17-20H2,1H3,(H2,29,30,33,36). The maximum absolute atomic E-state index is 12.3. The normalized spacial score (nSPS) is 13.6. The van der Waals surface area contributed by atoms with E-state index in [9.17, 15) is 9.59 Å². The van der Waals surface area contributed by atoms with Gasteiger partial charge in [-0.05, 0) is 61.1 Å². The third kappa shape index (κ3) is 6.82. The molecule has 2 N–H and O–H groups in total. The number of piperazine rings is 1. The Balaban J connectivity index is 1.23. The van der Waals surface area contributed by atoms with Crippen molar-refractivity contribution in [3.05, 3.63) is 78.6 Å². The minimum atomic E-state index is -0.350. The van der Waals surface area contributed by atoms with Crippen molar-refractivity contribution in [1.29, 1.82) is 0 Å². The van der Waals surface area contributed by atoms with Crippen LogP contribution in [0.2, 0.25) is 0 Å². The quantitative estimate of drug-likeness (QED) is 0.353. The molecule has 1 saturated heterocycles. The van der Waals surface area contributed by atoms with Gasteiger partial charge in [-0.1, -0.05) is 37.3 Å². The van der Waals surface area contributed by atoms with Crippen LogP contribution in [0.3, 0.4) is 0 Å². The van der Waals surface area contributed by atoms with Crippen LogP contribution >= 0.6 is 12.2 Å². The van der Waals surface area contributed by atoms with E-state index < -0.39 is 0 Å². The summed E-state index contributed by atoms with van der Waals surface area (Å²) in [4.78, 5) is 28.6. The van der Waals surface area contributed by atoms with Crippen LogP contribution in [0.15, 0.2) is 77.2 Å². The minimum Gasteiger partial charge on any atom is -0.457 e. The van der Waals surface area contributed by atoms with E-state index in [-0.39, 0.29) is 16.9 Å². The molecule has 0 unspecified atom stereocenters. The van der Waals surface area contributed by atoms with Crippen molar-refractivity contribution in [2.75, 3.05) is 36.4 Å². The molecule has 0 aliphatic carbocycles. The average molecular weight is 503 g/mol. The van der Waals surface area contributed by atoms with E-state index in [0.29, 0.717) is 12.2 Å². The van der Waals surface area contributed by atoms with Gasteiger partial charge in [0, 0.05) is 55.6 Å². The second-order valence-electron chi connectivity index (χ2n) is 8.51. The molecule has 8 heteroatoms. The van der Waals surface area contributed by atoms with E-state index >= 15 is 0 Å². The molecule has 3 aromatic rings. The Morgan fingerprint density at radius 2 is 1.69 bits per heavy atom. The first-order chi connectivity index (χ1) is 17.5. The lowest BCUT2D eigenvalue weighted by molar-refractivity contribution is -0.131. The van der Waals surface area contributed by atoms with Gasteiger partial charge in [0.25, 0.3) is 0 Å². The largest absolute Gasteiger partial charge is 0.457 e. The Labute approximate surface area is 216 Å². The summed E-state index contributed by atoms with van der Waals surface area (Å²) in [6.45, 7) is 5.14. The number of carbonyl (C=O) groups excluding carboxylic acids is 2. The third-order valence-corrected chi connectivity index (χ3v) is 6.11. The molecule has 2 heterocycles. The van der Waals surface area contributed by atoms with Gasteiger partial charge in [-0.15, -0.1) is 0 Å². The predicted molar refractivity (Wildman–Crippen MR) is 148 cm³/mol. The van der Waals surface area contributed by atoms with Crippen LogP contribution in [0.1, 0.15) is 25.5 Å². The third-order valence-electron chi connectivity index (χ3n) is 5.91. The molecule has 36 heavy (non-hydrogen) atoms. The summed E-state index contributed by atoms with van der Waals surface area (Å²) in [5, 5.41) is 5.89. The number of carbonyl (C=O) groups is 2. The molecule has 1 fully saturated rings. The van der Waals surface area contributed by atoms with Crippen molar-refractivity contribution >= 4 is 46.6 Å². The molecule has 1 aliphatic rings. The van der Waals surface area contributed by atoms with E-state index in [1.165, 1.54) is 6.08 Å². The monoisotopic (exact) mass is 502 g/mol. The lowest BCUT2D eigenvalue weighted by Gasteiger charge is -2.36. The number of rotatable bonds is 7. The van der Waals surface area contributed by atoms with Crippen molar-refractivity contribution in [1.82, 2.24) is 10.2 Å². The van der Waals surface area contributed by atoms with Gasteiger partial charge in [-0.25, -0.2) is 0 Å². The van der Waals surface area contributed by atoms with Crippen molar-refractivity contribution in [3.63, 3.8) is 0 Å². The van der Waals surface area contributed by atoms with Gasteiger partial charge in [-0.3, -0.25) is 14.9 Å². The molecule has 0 spiro atoms. The highest BCUT2D eigenvalue weighted by Gasteiger charge is 2.20. The molecule has 0 saturated carbocycles. The van der Waals surface area contributed by atoms with E-state index in [1.807, 2.05) is 78.6 Å². The number of thiocarbonyl (C=S) groups is 1. The maximum Gasteiger partial charge on any atom is 0.250 e. The van der Waals surface area contributed by atoms with Crippen LogP contribution in [0.4, 0.5) is 11.4 Å². The van der Waals surface area contributed by atoms with E-state index in [1.54, 1.807) is 6.08 Å².